The summed E-state index contributed by atoms with van der Waals surface area (Å²) in [5.74, 6) is 0. The molecule has 4 heteroatoms. The van der Waals surface area contributed by atoms with Crippen molar-refractivity contribution in [2.75, 3.05) is 52.2 Å². The molecule has 1 unspecified atom stereocenters. The molecular formula is C9H20NO2P. The van der Waals surface area contributed by atoms with Crippen LogP contribution in [0.2, 0.25) is 0 Å². The van der Waals surface area contributed by atoms with E-state index in [9.17, 15) is 0 Å². The molecule has 1 rings (SSSR count). The maximum absolute atomic E-state index is 5.48. The average molecular weight is 205 g/mol. The molecular weight excluding hydrogens is 185 g/mol. The molecule has 1 atom stereocenters. The van der Waals surface area contributed by atoms with Gasteiger partial charge in [-0.15, -0.1) is 9.24 Å². The van der Waals surface area contributed by atoms with Crippen molar-refractivity contribution in [2.24, 2.45) is 0 Å². The maximum atomic E-state index is 5.48. The van der Waals surface area contributed by atoms with Crippen molar-refractivity contribution in [1.82, 2.24) is 4.90 Å². The van der Waals surface area contributed by atoms with Crippen molar-refractivity contribution in [3.8, 4) is 0 Å². The summed E-state index contributed by atoms with van der Waals surface area (Å²) in [6.45, 7) is 6.70. The van der Waals surface area contributed by atoms with E-state index in [-0.39, 0.29) is 0 Å². The normalized spacial score (nSPS) is 19.2. The fourth-order valence-corrected chi connectivity index (χ4v) is 1.47. The third-order valence-electron chi connectivity index (χ3n) is 2.15. The summed E-state index contributed by atoms with van der Waals surface area (Å²) in [7, 11) is 2.71. The minimum Gasteiger partial charge on any atom is -0.380 e. The van der Waals surface area contributed by atoms with Gasteiger partial charge in [-0.3, -0.25) is 4.90 Å². The molecule has 0 radical (unpaired) electrons. The Morgan fingerprint density at radius 1 is 1.23 bits per heavy atom. The first kappa shape index (κ1) is 11.4. The van der Waals surface area contributed by atoms with Gasteiger partial charge in [0.25, 0.3) is 0 Å². The zero-order valence-electron chi connectivity index (χ0n) is 8.21. The largest absolute Gasteiger partial charge is 0.380 e. The molecule has 0 N–H and O–H groups in total. The molecule has 1 saturated heterocycles. The lowest BCUT2D eigenvalue weighted by atomic mass is 10.4. The molecule has 0 aliphatic carbocycles. The van der Waals surface area contributed by atoms with Crippen LogP contribution in [0.1, 0.15) is 6.42 Å². The third kappa shape index (κ3) is 5.58. The molecule has 78 valence electrons. The summed E-state index contributed by atoms with van der Waals surface area (Å²) in [6, 6.07) is 0. The van der Waals surface area contributed by atoms with Gasteiger partial charge in [0.2, 0.25) is 0 Å². The number of ether oxygens (including phenoxy) is 2. The van der Waals surface area contributed by atoms with Crippen LogP contribution in [0.5, 0.6) is 0 Å². The fourth-order valence-electron chi connectivity index (χ4n) is 1.31. The Balaban J connectivity index is 1.86. The number of hydrogen-bond donors (Lipinski definition) is 0. The van der Waals surface area contributed by atoms with Crippen LogP contribution in [0.4, 0.5) is 0 Å². The maximum Gasteiger partial charge on any atom is 0.0594 e. The summed E-state index contributed by atoms with van der Waals surface area (Å²) in [6.07, 6.45) is 2.28. The van der Waals surface area contributed by atoms with Crippen LogP contribution in [0.3, 0.4) is 0 Å². The first-order chi connectivity index (χ1) is 6.43. The Bertz CT molecular complexity index is 118. The monoisotopic (exact) mass is 205 g/mol. The first-order valence-corrected chi connectivity index (χ1v) is 5.83. The Hall–Kier alpha value is 0.310. The van der Waals surface area contributed by atoms with Gasteiger partial charge >= 0.3 is 0 Å². The van der Waals surface area contributed by atoms with Gasteiger partial charge in [0, 0.05) is 26.2 Å². The van der Waals surface area contributed by atoms with Gasteiger partial charge in [-0.25, -0.2) is 0 Å². The first-order valence-electron chi connectivity index (χ1n) is 5.01. The molecule has 1 aliphatic rings. The smallest absolute Gasteiger partial charge is 0.0594 e. The molecule has 0 aromatic carbocycles. The zero-order valence-corrected chi connectivity index (χ0v) is 9.36. The van der Waals surface area contributed by atoms with Crippen LogP contribution in [-0.4, -0.2) is 57.1 Å². The second kappa shape index (κ2) is 7.69. The van der Waals surface area contributed by atoms with Gasteiger partial charge in [0.05, 0.1) is 19.8 Å². The molecule has 13 heavy (non-hydrogen) atoms. The van der Waals surface area contributed by atoms with Gasteiger partial charge in [-0.05, 0) is 12.6 Å². The van der Waals surface area contributed by atoms with Gasteiger partial charge in [-0.1, -0.05) is 0 Å². The van der Waals surface area contributed by atoms with Crippen molar-refractivity contribution in [1.29, 1.82) is 0 Å². The van der Waals surface area contributed by atoms with Gasteiger partial charge < -0.3 is 9.47 Å². The van der Waals surface area contributed by atoms with E-state index < -0.39 is 0 Å². The van der Waals surface area contributed by atoms with Crippen LogP contribution in [0.15, 0.2) is 0 Å². The highest BCUT2D eigenvalue weighted by Gasteiger charge is 2.08. The topological polar surface area (TPSA) is 21.7 Å². The molecule has 0 aromatic heterocycles. The van der Waals surface area contributed by atoms with Crippen LogP contribution >= 0.6 is 9.24 Å². The lowest BCUT2D eigenvalue weighted by Gasteiger charge is -2.26. The minimum atomic E-state index is 0.866. The molecule has 0 saturated carbocycles. The van der Waals surface area contributed by atoms with E-state index >= 15 is 0 Å². The van der Waals surface area contributed by atoms with E-state index in [1.165, 1.54) is 0 Å². The molecule has 0 spiro atoms. The van der Waals surface area contributed by atoms with Crippen LogP contribution in [0, 0.1) is 0 Å². The minimum absolute atomic E-state index is 0.866. The summed E-state index contributed by atoms with van der Waals surface area (Å²) >= 11 is 0. The number of hydrogen-bond acceptors (Lipinski definition) is 3. The van der Waals surface area contributed by atoms with Gasteiger partial charge in [0.15, 0.2) is 0 Å². The Labute approximate surface area is 83.0 Å². The number of nitrogens with zero attached hydrogens (tertiary/aromatic N) is 1. The van der Waals surface area contributed by atoms with Crippen LogP contribution < -0.4 is 0 Å². The molecule has 3 nitrogen and oxygen atoms in total. The van der Waals surface area contributed by atoms with Crippen molar-refractivity contribution < 1.29 is 9.47 Å². The van der Waals surface area contributed by atoms with E-state index in [4.69, 9.17) is 9.47 Å². The highest BCUT2D eigenvalue weighted by Crippen LogP contribution is 1.96. The van der Waals surface area contributed by atoms with E-state index in [2.05, 4.69) is 14.1 Å². The van der Waals surface area contributed by atoms with E-state index in [0.717, 1.165) is 58.6 Å². The van der Waals surface area contributed by atoms with Crippen LogP contribution in [0.25, 0.3) is 0 Å². The molecule has 1 fully saturated rings. The number of morpholine rings is 1. The summed E-state index contributed by atoms with van der Waals surface area (Å²) in [4.78, 5) is 2.39. The Morgan fingerprint density at radius 3 is 2.69 bits per heavy atom. The van der Waals surface area contributed by atoms with E-state index in [1.54, 1.807) is 0 Å². The van der Waals surface area contributed by atoms with E-state index in [0.29, 0.717) is 0 Å². The lowest BCUT2D eigenvalue weighted by molar-refractivity contribution is 0.0206. The quantitative estimate of drug-likeness (QED) is 0.468. The molecule has 1 heterocycles. The predicted octanol–water partition coefficient (Wildman–Crippen LogP) is 0.600. The summed E-state index contributed by atoms with van der Waals surface area (Å²) < 4.78 is 10.7. The van der Waals surface area contributed by atoms with Gasteiger partial charge in [0.1, 0.15) is 0 Å². The molecule has 0 bridgehead atoms. The predicted molar refractivity (Wildman–Crippen MR) is 57.3 cm³/mol. The molecule has 1 aliphatic heterocycles. The summed E-state index contributed by atoms with van der Waals surface area (Å²) in [5, 5.41) is 0. The Kier molecular flexibility index (Phi) is 6.73. The third-order valence-corrected chi connectivity index (χ3v) is 2.56. The second-order valence-corrected chi connectivity index (χ2v) is 3.79. The average Bonchev–Trinajstić information content (AvgIpc) is 2.19. The Morgan fingerprint density at radius 2 is 2.00 bits per heavy atom. The van der Waals surface area contributed by atoms with Crippen molar-refractivity contribution >= 4 is 9.24 Å². The highest BCUT2D eigenvalue weighted by atomic mass is 31.0. The van der Waals surface area contributed by atoms with Gasteiger partial charge in [-0.2, -0.15) is 0 Å². The lowest BCUT2D eigenvalue weighted by Crippen LogP contribution is -2.38. The zero-order chi connectivity index (χ0) is 9.36. The SMILES string of the molecule is PCCCOCCN1CCOCC1. The number of rotatable bonds is 6. The molecule has 0 aromatic rings. The van der Waals surface area contributed by atoms with Crippen molar-refractivity contribution in [3.63, 3.8) is 0 Å². The van der Waals surface area contributed by atoms with Crippen molar-refractivity contribution in [2.45, 2.75) is 6.42 Å². The molecule has 0 amide bonds. The summed E-state index contributed by atoms with van der Waals surface area (Å²) in [5.41, 5.74) is 0. The standard InChI is InChI=1S/C9H20NO2P/c13-9-1-5-11-6-2-10-3-7-12-8-4-10/h1-9,13H2. The van der Waals surface area contributed by atoms with E-state index in [1.807, 2.05) is 0 Å². The fraction of sp³-hybridized carbons (Fsp3) is 1.00. The van der Waals surface area contributed by atoms with Crippen molar-refractivity contribution in [3.05, 3.63) is 0 Å². The second-order valence-electron chi connectivity index (χ2n) is 3.21. The highest BCUT2D eigenvalue weighted by molar-refractivity contribution is 7.16. The van der Waals surface area contributed by atoms with Crippen LogP contribution in [-0.2, 0) is 9.47 Å².